The fourth-order valence-electron chi connectivity index (χ4n) is 8.34. The minimum atomic E-state index is -3.67. The summed E-state index contributed by atoms with van der Waals surface area (Å²) in [6, 6.07) is -2.86. The van der Waals surface area contributed by atoms with E-state index in [0.717, 1.165) is 21.6 Å². The summed E-state index contributed by atoms with van der Waals surface area (Å²) in [5.74, 6) is -3.67. The highest BCUT2D eigenvalue weighted by Crippen LogP contribution is 2.39. The van der Waals surface area contributed by atoms with E-state index in [4.69, 9.17) is 44.5 Å². The Morgan fingerprint density at radius 1 is 0.486 bits per heavy atom. The number of halogens is 5. The van der Waals surface area contributed by atoms with Crippen LogP contribution in [0.25, 0.3) is 0 Å². The third kappa shape index (κ3) is 12.3. The first-order valence-electron chi connectivity index (χ1n) is 22.0. The maximum absolute atomic E-state index is 14.4. The van der Waals surface area contributed by atoms with Gasteiger partial charge in [0.15, 0.2) is 42.8 Å². The van der Waals surface area contributed by atoms with Crippen molar-refractivity contribution in [3.05, 3.63) is 0 Å². The van der Waals surface area contributed by atoms with Gasteiger partial charge in [0.2, 0.25) is 6.23 Å². The number of aliphatic hydroxyl groups is 12. The summed E-state index contributed by atoms with van der Waals surface area (Å²) in [5, 5.41) is 119. The SMILES string of the molecule is C[C@@]1(F)C(N2CCC(O)NC2=O)O[C@H](CO)[C@H]1O.O=C1NC(O)CCN1C1O[C@H](CO)[C@@H](O)C1(F)F.O=C1NC(O)CCN1C1O[C@H](CO)[C@@H](O)[C@@H]1F.O=C1NC(O)CCN1C1O[C@H](CO)[C@@H](O)[C@H]1F. The third-order valence-corrected chi connectivity index (χ3v) is 12.4. The summed E-state index contributed by atoms with van der Waals surface area (Å²) in [5.41, 5.74) is -2.17. The van der Waals surface area contributed by atoms with Crippen LogP contribution in [0.2, 0.25) is 0 Å². The Labute approximate surface area is 394 Å². The van der Waals surface area contributed by atoms with Crippen molar-refractivity contribution in [3.8, 4) is 0 Å². The molecule has 0 aromatic carbocycles. The normalized spacial score (nSPS) is 42.6. The molecule has 8 saturated heterocycles. The van der Waals surface area contributed by atoms with Crippen molar-refractivity contribution in [2.45, 2.75) is 155 Å². The van der Waals surface area contributed by atoms with E-state index in [1.807, 2.05) is 0 Å². The number of nitrogens with one attached hydrogen (secondary N) is 4. The molecule has 0 aliphatic carbocycles. The van der Waals surface area contributed by atoms with Crippen LogP contribution in [0.4, 0.5) is 41.1 Å². The first-order chi connectivity index (χ1) is 32.8. The molecule has 8 rings (SSSR count). The molecule has 0 aromatic rings. The third-order valence-electron chi connectivity index (χ3n) is 12.4. The summed E-state index contributed by atoms with van der Waals surface area (Å²) in [7, 11) is 0. The number of amides is 8. The van der Waals surface area contributed by atoms with Crippen LogP contribution in [0.3, 0.4) is 0 Å². The summed E-state index contributed by atoms with van der Waals surface area (Å²) < 4.78 is 89.4. The van der Waals surface area contributed by atoms with Crippen LogP contribution in [-0.2, 0) is 18.9 Å². The maximum atomic E-state index is 14.4. The van der Waals surface area contributed by atoms with Gasteiger partial charge in [-0.3, -0.25) is 19.6 Å². The van der Waals surface area contributed by atoms with E-state index in [1.54, 1.807) is 0 Å². The molecule has 70 heavy (non-hydrogen) atoms. The lowest BCUT2D eigenvalue weighted by atomic mass is 9.97. The number of hydrogen-bond donors (Lipinski definition) is 16. The van der Waals surface area contributed by atoms with Crippen molar-refractivity contribution in [1.29, 1.82) is 0 Å². The highest BCUT2D eigenvalue weighted by Gasteiger charge is 2.62. The molecular formula is C37H61F5N8O20. The number of nitrogens with zero attached hydrogens (tertiary/aromatic N) is 4. The standard InChI is InChI=1S/C10H17FN2O5.C9H14F2N2O5.2C9H15FN2O5/c1-10(11)7(16)5(4-14)18-8(10)13-3-2-6(15)12-9(13)17;10-9(11)6(16)4(3-14)18-7(9)13-2-1-5(15)12-8(13)17;2*10-6-7(15)4(3-13)17-8(6)12-2-1-5(14)11-9(12)16/h5-8,14-16H,2-4H2,1H3,(H,12,17);4-7,14-16H,1-3H2,(H,12,17);2*4-8,13-15H,1-3H2,(H,11,16)/t5-,6?,7-,8?,10+;4-,5?,6-,7?;4-,5?,6+,7-,8?;4-,5?,6-,7-,8?/m1111/s1. The van der Waals surface area contributed by atoms with Crippen LogP contribution in [0.15, 0.2) is 0 Å². The van der Waals surface area contributed by atoms with Crippen LogP contribution in [-0.4, -0.2) is 280 Å². The Morgan fingerprint density at radius 3 is 1.07 bits per heavy atom. The molecule has 8 heterocycles. The predicted molar refractivity (Wildman–Crippen MR) is 215 cm³/mol. The molecule has 28 nitrogen and oxygen atoms in total. The fourth-order valence-corrected chi connectivity index (χ4v) is 8.34. The second-order valence-electron chi connectivity index (χ2n) is 17.3. The van der Waals surface area contributed by atoms with Gasteiger partial charge in [0.05, 0.1) is 26.4 Å². The number of carbonyl (C=O) groups is 4. The van der Waals surface area contributed by atoms with Crippen molar-refractivity contribution < 1.29 is 121 Å². The number of alkyl halides is 5. The summed E-state index contributed by atoms with van der Waals surface area (Å²) in [4.78, 5) is 50.0. The van der Waals surface area contributed by atoms with E-state index in [-0.39, 0.29) is 51.9 Å². The molecule has 0 bridgehead atoms. The smallest absolute Gasteiger partial charge is 0.321 e. The van der Waals surface area contributed by atoms with Gasteiger partial charge in [0.25, 0.3) is 0 Å². The second kappa shape index (κ2) is 23.8. The summed E-state index contributed by atoms with van der Waals surface area (Å²) in [6.07, 6.45) is -23.5. The average molecular weight is 1030 g/mol. The Hall–Kier alpha value is -3.91. The minimum Gasteiger partial charge on any atom is -0.394 e. The topological polar surface area (TPSA) is 409 Å². The Kier molecular flexibility index (Phi) is 19.3. The Balaban J connectivity index is 0.000000174. The largest absolute Gasteiger partial charge is 0.394 e. The lowest BCUT2D eigenvalue weighted by Crippen LogP contribution is -2.60. The lowest BCUT2D eigenvalue weighted by Gasteiger charge is -2.38. The van der Waals surface area contributed by atoms with Gasteiger partial charge in [-0.25, -0.2) is 32.3 Å². The van der Waals surface area contributed by atoms with Gasteiger partial charge in [-0.2, -0.15) is 8.78 Å². The number of rotatable bonds is 8. The molecule has 16 N–H and O–H groups in total. The summed E-state index contributed by atoms with van der Waals surface area (Å²) >= 11 is 0. The van der Waals surface area contributed by atoms with E-state index in [9.17, 15) is 76.9 Å². The second-order valence-corrected chi connectivity index (χ2v) is 17.3. The molecule has 8 unspecified atom stereocenters. The van der Waals surface area contributed by atoms with Crippen molar-refractivity contribution in [2.75, 3.05) is 52.6 Å². The van der Waals surface area contributed by atoms with Gasteiger partial charge in [-0.05, 0) is 6.92 Å². The monoisotopic (exact) mass is 1030 g/mol. The minimum absolute atomic E-state index is 0.0710. The molecule has 8 amide bonds. The van der Waals surface area contributed by atoms with Crippen LogP contribution in [0.1, 0.15) is 32.6 Å². The van der Waals surface area contributed by atoms with E-state index >= 15 is 0 Å². The van der Waals surface area contributed by atoms with Crippen LogP contribution in [0, 0.1) is 0 Å². The quantitative estimate of drug-likeness (QED) is 0.100. The molecular weight excluding hydrogens is 971 g/mol. The fraction of sp³-hybridized carbons (Fsp3) is 0.892. The van der Waals surface area contributed by atoms with Crippen LogP contribution >= 0.6 is 0 Å². The molecule has 0 spiro atoms. The first-order valence-corrected chi connectivity index (χ1v) is 22.0. The maximum Gasteiger partial charge on any atom is 0.321 e. The van der Waals surface area contributed by atoms with Crippen LogP contribution in [0.5, 0.6) is 0 Å². The predicted octanol–water partition coefficient (Wildman–Crippen LogP) is -6.77. The molecule has 0 aromatic heterocycles. The number of ether oxygens (including phenoxy) is 4. The highest BCUT2D eigenvalue weighted by atomic mass is 19.3. The van der Waals surface area contributed by atoms with Gasteiger partial charge in [-0.15, -0.1) is 0 Å². The van der Waals surface area contributed by atoms with Gasteiger partial charge < -0.3 is 101 Å². The van der Waals surface area contributed by atoms with E-state index in [1.165, 1.54) is 0 Å². The number of hydrogen-bond acceptors (Lipinski definition) is 20. The highest BCUT2D eigenvalue weighted by molar-refractivity contribution is 5.77. The van der Waals surface area contributed by atoms with E-state index < -0.39 is 173 Å². The molecule has 19 atom stereocenters. The van der Waals surface area contributed by atoms with Crippen molar-refractivity contribution in [2.24, 2.45) is 0 Å². The zero-order chi connectivity index (χ0) is 52.2. The van der Waals surface area contributed by atoms with E-state index in [0.29, 0.717) is 4.90 Å². The molecule has 8 fully saturated rings. The van der Waals surface area contributed by atoms with Crippen LogP contribution < -0.4 is 21.3 Å². The average Bonchev–Trinajstić information content (AvgIpc) is 3.92. The zero-order valence-corrected chi connectivity index (χ0v) is 37.2. The number of aliphatic hydroxyl groups excluding tert-OH is 12. The van der Waals surface area contributed by atoms with Gasteiger partial charge in [-0.1, -0.05) is 0 Å². The van der Waals surface area contributed by atoms with Crippen molar-refractivity contribution in [1.82, 2.24) is 40.9 Å². The molecule has 33 heteroatoms. The van der Waals surface area contributed by atoms with Crippen molar-refractivity contribution in [3.63, 3.8) is 0 Å². The number of carbonyl (C=O) groups excluding carboxylic acids is 4. The first kappa shape index (κ1) is 57.0. The Morgan fingerprint density at radius 2 is 0.786 bits per heavy atom. The van der Waals surface area contributed by atoms with Gasteiger partial charge in [0.1, 0.15) is 67.6 Å². The lowest BCUT2D eigenvalue weighted by molar-refractivity contribution is -0.159. The zero-order valence-electron chi connectivity index (χ0n) is 37.2. The molecule has 8 aliphatic rings. The van der Waals surface area contributed by atoms with E-state index in [2.05, 4.69) is 21.3 Å². The van der Waals surface area contributed by atoms with Crippen molar-refractivity contribution >= 4 is 24.1 Å². The van der Waals surface area contributed by atoms with Gasteiger partial charge >= 0.3 is 30.0 Å². The van der Waals surface area contributed by atoms with Gasteiger partial charge in [0, 0.05) is 51.9 Å². The molecule has 8 aliphatic heterocycles. The number of urea groups is 4. The molecule has 0 saturated carbocycles. The Bertz CT molecular complexity index is 1660. The summed E-state index contributed by atoms with van der Waals surface area (Å²) in [6.45, 7) is -0.977. The molecule has 404 valence electrons. The molecule has 0 radical (unpaired) electrons.